The van der Waals surface area contributed by atoms with E-state index in [1.807, 2.05) is 30.3 Å². The monoisotopic (exact) mass is 399 g/mol. The van der Waals surface area contributed by atoms with Crippen LogP contribution >= 0.6 is 27.3 Å². The zero-order valence-corrected chi connectivity index (χ0v) is 14.8. The van der Waals surface area contributed by atoms with Crippen molar-refractivity contribution in [2.75, 3.05) is 6.54 Å². The first-order valence-corrected chi connectivity index (χ1v) is 9.86. The first-order chi connectivity index (χ1) is 10.5. The van der Waals surface area contributed by atoms with Crippen molar-refractivity contribution in [1.82, 2.24) is 4.72 Å². The Morgan fingerprint density at radius 3 is 2.73 bits per heavy atom. The summed E-state index contributed by atoms with van der Waals surface area (Å²) in [5.41, 5.74) is 0.863. The smallest absolute Gasteiger partial charge is 0.250 e. The van der Waals surface area contributed by atoms with Gasteiger partial charge in [-0.1, -0.05) is 18.2 Å². The first kappa shape index (κ1) is 15.7. The predicted octanol–water partition coefficient (Wildman–Crippen LogP) is 4.17. The SMILES string of the molecule is O=S(=O)(NCCCc1cc2ccccc2o1)c1ccc(Br)s1. The number of hydrogen-bond donors (Lipinski definition) is 1. The molecule has 0 amide bonds. The van der Waals surface area contributed by atoms with Gasteiger partial charge in [-0.15, -0.1) is 11.3 Å². The number of thiophene rings is 1. The third kappa shape index (κ3) is 3.60. The molecule has 2 heterocycles. The van der Waals surface area contributed by atoms with Gasteiger partial charge < -0.3 is 4.42 Å². The molecule has 3 rings (SSSR count). The molecule has 0 aliphatic rings. The molecule has 4 nitrogen and oxygen atoms in total. The molecule has 0 spiro atoms. The Balaban J connectivity index is 1.55. The van der Waals surface area contributed by atoms with Crippen LogP contribution in [0.3, 0.4) is 0 Å². The maximum Gasteiger partial charge on any atom is 0.250 e. The fourth-order valence-corrected chi connectivity index (χ4v) is 5.27. The molecule has 0 aliphatic carbocycles. The lowest BCUT2D eigenvalue weighted by Crippen LogP contribution is -2.24. The molecule has 0 fully saturated rings. The number of para-hydroxylation sites is 1. The molecule has 7 heteroatoms. The summed E-state index contributed by atoms with van der Waals surface area (Å²) in [4.78, 5) is 0. The molecule has 0 atom stereocenters. The van der Waals surface area contributed by atoms with Gasteiger partial charge >= 0.3 is 0 Å². The summed E-state index contributed by atoms with van der Waals surface area (Å²) in [5, 5.41) is 1.07. The van der Waals surface area contributed by atoms with Crippen LogP contribution in [-0.2, 0) is 16.4 Å². The number of hydrogen-bond acceptors (Lipinski definition) is 4. The van der Waals surface area contributed by atoms with Crippen molar-refractivity contribution in [3.05, 3.63) is 52.0 Å². The van der Waals surface area contributed by atoms with Crippen molar-refractivity contribution in [1.29, 1.82) is 0 Å². The Morgan fingerprint density at radius 2 is 2.00 bits per heavy atom. The van der Waals surface area contributed by atoms with Gasteiger partial charge in [0.15, 0.2) is 0 Å². The molecular formula is C15H14BrNO3S2. The topological polar surface area (TPSA) is 59.3 Å². The Hall–Kier alpha value is -1.15. The van der Waals surface area contributed by atoms with Gasteiger partial charge in [-0.2, -0.15) is 0 Å². The minimum absolute atomic E-state index is 0.322. The number of aryl methyl sites for hydroxylation is 1. The highest BCUT2D eigenvalue weighted by Gasteiger charge is 2.15. The molecular weight excluding hydrogens is 386 g/mol. The van der Waals surface area contributed by atoms with Crippen LogP contribution in [0.1, 0.15) is 12.2 Å². The highest BCUT2D eigenvalue weighted by atomic mass is 79.9. The second-order valence-corrected chi connectivity index (χ2v) is 9.27. The van der Waals surface area contributed by atoms with Gasteiger partial charge in [0.05, 0.1) is 3.79 Å². The second-order valence-electron chi connectivity index (χ2n) is 4.81. The number of sulfonamides is 1. The molecule has 0 bridgehead atoms. The van der Waals surface area contributed by atoms with Crippen molar-refractivity contribution in [3.8, 4) is 0 Å². The predicted molar refractivity (Wildman–Crippen MR) is 91.7 cm³/mol. The summed E-state index contributed by atoms with van der Waals surface area (Å²) in [6.07, 6.45) is 1.39. The van der Waals surface area contributed by atoms with Crippen molar-refractivity contribution in [3.63, 3.8) is 0 Å². The third-order valence-corrected chi connectivity index (χ3v) is 6.76. The fourth-order valence-electron chi connectivity index (χ4n) is 2.14. The minimum atomic E-state index is -3.41. The maximum absolute atomic E-state index is 12.1. The second kappa shape index (κ2) is 6.54. The molecule has 0 unspecified atom stereocenters. The van der Waals surface area contributed by atoms with Crippen LogP contribution in [0, 0.1) is 0 Å². The van der Waals surface area contributed by atoms with E-state index in [1.54, 1.807) is 12.1 Å². The highest BCUT2D eigenvalue weighted by molar-refractivity contribution is 9.11. The Labute approximate surface area is 141 Å². The summed E-state index contributed by atoms with van der Waals surface area (Å²) in [6.45, 7) is 0.384. The van der Waals surface area contributed by atoms with Gasteiger partial charge in [0.2, 0.25) is 10.0 Å². The Bertz CT molecular complexity index is 850. The fraction of sp³-hybridized carbons (Fsp3) is 0.200. The molecule has 22 heavy (non-hydrogen) atoms. The lowest BCUT2D eigenvalue weighted by molar-refractivity contribution is 0.534. The normalized spacial score (nSPS) is 12.0. The number of benzene rings is 1. The van der Waals surface area contributed by atoms with Crippen LogP contribution in [-0.4, -0.2) is 15.0 Å². The number of furan rings is 1. The van der Waals surface area contributed by atoms with Gasteiger partial charge in [-0.25, -0.2) is 13.1 Å². The number of halogens is 1. The summed E-state index contributed by atoms with van der Waals surface area (Å²) in [6, 6.07) is 13.2. The Kier molecular flexibility index (Phi) is 4.67. The van der Waals surface area contributed by atoms with E-state index in [-0.39, 0.29) is 0 Å². The van der Waals surface area contributed by atoms with Crippen LogP contribution in [0.25, 0.3) is 11.0 Å². The molecule has 3 aromatic rings. The van der Waals surface area contributed by atoms with Crippen LogP contribution in [0.2, 0.25) is 0 Å². The van der Waals surface area contributed by atoms with E-state index < -0.39 is 10.0 Å². The summed E-state index contributed by atoms with van der Waals surface area (Å²) in [5.74, 6) is 0.874. The molecule has 0 aliphatic heterocycles. The van der Waals surface area contributed by atoms with Gasteiger partial charge in [0.25, 0.3) is 0 Å². The molecule has 0 saturated carbocycles. The van der Waals surface area contributed by atoms with Crippen molar-refractivity contribution >= 4 is 48.3 Å². The third-order valence-electron chi connectivity index (χ3n) is 3.18. The zero-order valence-electron chi connectivity index (χ0n) is 11.6. The van der Waals surface area contributed by atoms with Crippen LogP contribution < -0.4 is 4.72 Å². The summed E-state index contributed by atoms with van der Waals surface area (Å²) < 4.78 is 33.5. The van der Waals surface area contributed by atoms with Crippen LogP contribution in [0.4, 0.5) is 0 Å². The average Bonchev–Trinajstić information content (AvgIpc) is 3.09. The van der Waals surface area contributed by atoms with Crippen molar-refractivity contribution < 1.29 is 12.8 Å². The molecule has 116 valence electrons. The van der Waals surface area contributed by atoms with E-state index in [9.17, 15) is 8.42 Å². The van der Waals surface area contributed by atoms with Crippen molar-refractivity contribution in [2.45, 2.75) is 17.1 Å². The first-order valence-electron chi connectivity index (χ1n) is 6.77. The van der Waals surface area contributed by atoms with E-state index in [0.717, 1.165) is 20.5 Å². The standard InChI is InChI=1S/C15H14BrNO3S2/c16-14-7-8-15(21-14)22(18,19)17-9-3-5-12-10-11-4-1-2-6-13(11)20-12/h1-2,4,6-8,10,17H,3,5,9H2. The Morgan fingerprint density at radius 1 is 1.18 bits per heavy atom. The molecule has 1 N–H and O–H groups in total. The van der Waals surface area contributed by atoms with Gasteiger partial charge in [0, 0.05) is 18.4 Å². The number of rotatable bonds is 6. The van der Waals surface area contributed by atoms with Gasteiger partial charge in [0.1, 0.15) is 15.6 Å². The lowest BCUT2D eigenvalue weighted by atomic mass is 10.2. The molecule has 2 aromatic heterocycles. The minimum Gasteiger partial charge on any atom is -0.461 e. The maximum atomic E-state index is 12.1. The number of nitrogens with one attached hydrogen (secondary N) is 1. The lowest BCUT2D eigenvalue weighted by Gasteiger charge is -2.03. The molecule has 0 saturated heterocycles. The van der Waals surface area contributed by atoms with Crippen LogP contribution in [0.5, 0.6) is 0 Å². The largest absolute Gasteiger partial charge is 0.461 e. The summed E-state index contributed by atoms with van der Waals surface area (Å²) >= 11 is 4.47. The molecule has 1 aromatic carbocycles. The van der Waals surface area contributed by atoms with E-state index in [2.05, 4.69) is 20.7 Å². The van der Waals surface area contributed by atoms with Gasteiger partial charge in [-0.05, 0) is 46.6 Å². The van der Waals surface area contributed by atoms with Crippen molar-refractivity contribution in [2.24, 2.45) is 0 Å². The highest BCUT2D eigenvalue weighted by Crippen LogP contribution is 2.25. The van der Waals surface area contributed by atoms with E-state index in [0.29, 0.717) is 23.6 Å². The molecule has 0 radical (unpaired) electrons. The summed E-state index contributed by atoms with van der Waals surface area (Å²) in [7, 11) is -3.41. The van der Waals surface area contributed by atoms with Crippen LogP contribution in [0.15, 0.2) is 54.9 Å². The number of fused-ring (bicyclic) bond motifs is 1. The van der Waals surface area contributed by atoms with E-state index in [1.165, 1.54) is 11.3 Å². The van der Waals surface area contributed by atoms with Gasteiger partial charge in [-0.3, -0.25) is 0 Å². The van der Waals surface area contributed by atoms with E-state index >= 15 is 0 Å². The van der Waals surface area contributed by atoms with E-state index in [4.69, 9.17) is 4.42 Å². The average molecular weight is 400 g/mol. The quantitative estimate of drug-likeness (QED) is 0.632. The zero-order chi connectivity index (χ0) is 15.6.